The number of nitrogens with one attached hydrogen (secondary N) is 1. The van der Waals surface area contributed by atoms with Crippen LogP contribution in [0.5, 0.6) is 0 Å². The molecule has 9 nitrogen and oxygen atoms in total. The third-order valence-corrected chi connectivity index (χ3v) is 5.18. The van der Waals surface area contributed by atoms with Crippen LogP contribution < -0.4 is 10.2 Å². The Hall–Kier alpha value is -3.46. The van der Waals surface area contributed by atoms with Crippen molar-refractivity contribution in [3.05, 3.63) is 63.7 Å². The lowest BCUT2D eigenvalue weighted by molar-refractivity contribution is -0.385. The molecule has 1 N–H and O–H groups in total. The van der Waals surface area contributed by atoms with E-state index in [0.29, 0.717) is 31.0 Å². The van der Waals surface area contributed by atoms with Crippen LogP contribution in [-0.4, -0.2) is 61.0 Å². The topological polar surface area (TPSA) is 105 Å². The first-order valence-electron chi connectivity index (χ1n) is 10.2. The van der Waals surface area contributed by atoms with Gasteiger partial charge in [-0.2, -0.15) is 0 Å². The van der Waals surface area contributed by atoms with E-state index in [1.807, 2.05) is 24.3 Å². The lowest BCUT2D eigenvalue weighted by Crippen LogP contribution is -2.38. The standard InChI is InChI=1S/C22H26N4O5/c1-3-24(22(28)17-5-4-16(2)20(14-17)26(29)30)15-21(27)23-18-6-8-19(9-7-18)25-10-12-31-13-11-25/h4-9,14H,3,10-13,15H2,1-2H3,(H,23,27). The van der Waals surface area contributed by atoms with Gasteiger partial charge in [0.25, 0.3) is 11.6 Å². The van der Waals surface area contributed by atoms with Crippen LogP contribution in [0.3, 0.4) is 0 Å². The van der Waals surface area contributed by atoms with Gasteiger partial charge in [0, 0.05) is 48.2 Å². The number of carbonyl (C=O) groups excluding carboxylic acids is 2. The van der Waals surface area contributed by atoms with E-state index in [4.69, 9.17) is 4.74 Å². The van der Waals surface area contributed by atoms with Gasteiger partial charge in [-0.1, -0.05) is 6.07 Å². The van der Waals surface area contributed by atoms with Crippen LogP contribution in [0.15, 0.2) is 42.5 Å². The van der Waals surface area contributed by atoms with E-state index in [1.165, 1.54) is 23.1 Å². The summed E-state index contributed by atoms with van der Waals surface area (Å²) in [5.74, 6) is -0.764. The van der Waals surface area contributed by atoms with E-state index in [-0.39, 0.29) is 23.7 Å². The molecule has 2 aromatic rings. The molecule has 31 heavy (non-hydrogen) atoms. The molecule has 164 valence electrons. The van der Waals surface area contributed by atoms with E-state index in [9.17, 15) is 19.7 Å². The summed E-state index contributed by atoms with van der Waals surface area (Å²) in [4.78, 5) is 39.5. The van der Waals surface area contributed by atoms with Crippen molar-refractivity contribution in [1.82, 2.24) is 4.90 Å². The maximum Gasteiger partial charge on any atom is 0.273 e. The molecule has 2 aromatic carbocycles. The van der Waals surface area contributed by atoms with Crippen LogP contribution in [0.4, 0.5) is 17.1 Å². The highest BCUT2D eigenvalue weighted by Gasteiger charge is 2.21. The van der Waals surface area contributed by atoms with E-state index in [1.54, 1.807) is 13.8 Å². The number of aryl methyl sites for hydroxylation is 1. The molecule has 2 amide bonds. The highest BCUT2D eigenvalue weighted by molar-refractivity contribution is 5.99. The Labute approximate surface area is 180 Å². The third kappa shape index (κ3) is 5.58. The lowest BCUT2D eigenvalue weighted by Gasteiger charge is -2.29. The predicted octanol–water partition coefficient (Wildman–Crippen LogP) is 2.84. The normalized spacial score (nSPS) is 13.5. The van der Waals surface area contributed by atoms with Crippen LogP contribution in [0.25, 0.3) is 0 Å². The third-order valence-electron chi connectivity index (χ3n) is 5.18. The minimum absolute atomic E-state index is 0.119. The maximum absolute atomic E-state index is 12.8. The summed E-state index contributed by atoms with van der Waals surface area (Å²) in [5.41, 5.74) is 2.24. The van der Waals surface area contributed by atoms with Gasteiger partial charge in [0.05, 0.1) is 18.1 Å². The number of nitrogens with zero attached hydrogens (tertiary/aromatic N) is 3. The minimum Gasteiger partial charge on any atom is -0.378 e. The Morgan fingerprint density at radius 3 is 2.45 bits per heavy atom. The SMILES string of the molecule is CCN(CC(=O)Nc1ccc(N2CCOCC2)cc1)C(=O)c1ccc(C)c([N+](=O)[O-])c1. The summed E-state index contributed by atoms with van der Waals surface area (Å²) in [5, 5.41) is 13.9. The summed E-state index contributed by atoms with van der Waals surface area (Å²) >= 11 is 0. The molecule has 1 heterocycles. The number of anilines is 2. The van der Waals surface area contributed by atoms with Gasteiger partial charge in [-0.05, 0) is 44.2 Å². The fourth-order valence-electron chi connectivity index (χ4n) is 3.40. The van der Waals surface area contributed by atoms with Crippen LogP contribution in [-0.2, 0) is 9.53 Å². The molecule has 9 heteroatoms. The summed E-state index contributed by atoms with van der Waals surface area (Å²) in [7, 11) is 0. The lowest BCUT2D eigenvalue weighted by atomic mass is 10.1. The number of nitro benzene ring substituents is 1. The first-order valence-corrected chi connectivity index (χ1v) is 10.2. The second-order valence-electron chi connectivity index (χ2n) is 7.27. The van der Waals surface area contributed by atoms with Gasteiger partial charge in [0.15, 0.2) is 0 Å². The van der Waals surface area contributed by atoms with Crippen LogP contribution in [0, 0.1) is 17.0 Å². The second-order valence-corrected chi connectivity index (χ2v) is 7.27. The number of nitro groups is 1. The molecule has 0 aromatic heterocycles. The zero-order chi connectivity index (χ0) is 22.4. The highest BCUT2D eigenvalue weighted by atomic mass is 16.6. The average Bonchev–Trinajstić information content (AvgIpc) is 2.78. The molecule has 1 fully saturated rings. The van der Waals surface area contributed by atoms with Gasteiger partial charge in [-0.3, -0.25) is 19.7 Å². The average molecular weight is 426 g/mol. The molecule has 0 aliphatic carbocycles. The number of carbonyl (C=O) groups is 2. The molecule has 0 radical (unpaired) electrons. The fourth-order valence-corrected chi connectivity index (χ4v) is 3.40. The summed E-state index contributed by atoms with van der Waals surface area (Å²) in [6.45, 7) is 6.57. The highest BCUT2D eigenvalue weighted by Crippen LogP contribution is 2.21. The van der Waals surface area contributed by atoms with Crippen molar-refractivity contribution in [2.75, 3.05) is 49.6 Å². The number of ether oxygens (including phenoxy) is 1. The van der Waals surface area contributed by atoms with E-state index < -0.39 is 10.8 Å². The van der Waals surface area contributed by atoms with Crippen LogP contribution in [0.2, 0.25) is 0 Å². The van der Waals surface area contributed by atoms with Gasteiger partial charge >= 0.3 is 0 Å². The number of rotatable bonds is 7. The zero-order valence-corrected chi connectivity index (χ0v) is 17.7. The summed E-state index contributed by atoms with van der Waals surface area (Å²) < 4.78 is 5.36. The quantitative estimate of drug-likeness (QED) is 0.539. The van der Waals surface area contributed by atoms with Crippen molar-refractivity contribution in [2.45, 2.75) is 13.8 Å². The molecule has 0 atom stereocenters. The fraction of sp³-hybridized carbons (Fsp3) is 0.364. The van der Waals surface area contributed by atoms with Gasteiger partial charge in [-0.15, -0.1) is 0 Å². The second kappa shape index (κ2) is 10.0. The van der Waals surface area contributed by atoms with Crippen LogP contribution >= 0.6 is 0 Å². The van der Waals surface area contributed by atoms with E-state index in [2.05, 4.69) is 10.2 Å². The zero-order valence-electron chi connectivity index (χ0n) is 17.7. The number of benzene rings is 2. The minimum atomic E-state index is -0.518. The van der Waals surface area contributed by atoms with Crippen molar-refractivity contribution in [3.8, 4) is 0 Å². The Morgan fingerprint density at radius 2 is 1.84 bits per heavy atom. The number of likely N-dealkylation sites (N-methyl/N-ethyl adjacent to an activating group) is 1. The Bertz CT molecular complexity index is 955. The van der Waals surface area contributed by atoms with Crippen molar-refractivity contribution in [1.29, 1.82) is 0 Å². The Balaban J connectivity index is 1.62. The molecule has 1 aliphatic rings. The molecule has 0 unspecified atom stereocenters. The monoisotopic (exact) mass is 426 g/mol. The molecular weight excluding hydrogens is 400 g/mol. The first kappa shape index (κ1) is 22.2. The molecule has 0 spiro atoms. The summed E-state index contributed by atoms with van der Waals surface area (Å²) in [6.07, 6.45) is 0. The van der Waals surface area contributed by atoms with E-state index >= 15 is 0 Å². The molecule has 1 saturated heterocycles. The molecular formula is C22H26N4O5. The molecule has 0 bridgehead atoms. The van der Waals surface area contributed by atoms with Gasteiger partial charge in [0.2, 0.25) is 5.91 Å². The smallest absolute Gasteiger partial charge is 0.273 e. The Morgan fingerprint density at radius 1 is 1.16 bits per heavy atom. The van der Waals surface area contributed by atoms with Gasteiger partial charge in [-0.25, -0.2) is 0 Å². The van der Waals surface area contributed by atoms with Crippen LogP contribution in [0.1, 0.15) is 22.8 Å². The van der Waals surface area contributed by atoms with Crippen molar-refractivity contribution in [2.24, 2.45) is 0 Å². The Kier molecular flexibility index (Phi) is 7.19. The predicted molar refractivity (Wildman–Crippen MR) is 118 cm³/mol. The number of amides is 2. The van der Waals surface area contributed by atoms with E-state index in [0.717, 1.165) is 18.8 Å². The molecule has 3 rings (SSSR count). The van der Waals surface area contributed by atoms with Crippen molar-refractivity contribution in [3.63, 3.8) is 0 Å². The number of morpholine rings is 1. The van der Waals surface area contributed by atoms with Gasteiger partial charge in [0.1, 0.15) is 6.54 Å². The first-order chi connectivity index (χ1) is 14.9. The van der Waals surface area contributed by atoms with Crippen molar-refractivity contribution < 1.29 is 19.2 Å². The largest absolute Gasteiger partial charge is 0.378 e. The number of hydrogen-bond donors (Lipinski definition) is 1. The molecule has 0 saturated carbocycles. The van der Waals surface area contributed by atoms with Crippen molar-refractivity contribution >= 4 is 28.9 Å². The number of hydrogen-bond acceptors (Lipinski definition) is 6. The maximum atomic E-state index is 12.8. The summed E-state index contributed by atoms with van der Waals surface area (Å²) in [6, 6.07) is 11.9. The van der Waals surface area contributed by atoms with Gasteiger partial charge < -0.3 is 19.9 Å². The molecule has 1 aliphatic heterocycles.